The molecule has 0 unspecified atom stereocenters. The molecule has 4 nitrogen and oxygen atoms in total. The zero-order valence-corrected chi connectivity index (χ0v) is 12.9. The van der Waals surface area contributed by atoms with Gasteiger partial charge in [0.2, 0.25) is 0 Å². The molecule has 0 bridgehead atoms. The van der Waals surface area contributed by atoms with Gasteiger partial charge < -0.3 is 9.67 Å². The van der Waals surface area contributed by atoms with Crippen molar-refractivity contribution in [3.05, 3.63) is 34.5 Å². The predicted octanol–water partition coefficient (Wildman–Crippen LogP) is 2.93. The van der Waals surface area contributed by atoms with E-state index >= 15 is 0 Å². The summed E-state index contributed by atoms with van der Waals surface area (Å²) < 4.78 is 2.31. The van der Waals surface area contributed by atoms with Crippen molar-refractivity contribution in [3.63, 3.8) is 0 Å². The number of fused-ring (bicyclic) bond motifs is 2. The Morgan fingerprint density at radius 1 is 1.29 bits per heavy atom. The Balaban J connectivity index is 2.15. The molecule has 21 heavy (non-hydrogen) atoms. The number of benzene rings is 1. The van der Waals surface area contributed by atoms with Gasteiger partial charge in [0.25, 0.3) is 0 Å². The third kappa shape index (κ3) is 2.33. The maximum Gasteiger partial charge on any atom is 0.303 e. The molecule has 0 fully saturated rings. The maximum absolute atomic E-state index is 10.9. The van der Waals surface area contributed by atoms with Gasteiger partial charge in [-0.1, -0.05) is 0 Å². The molecule has 112 valence electrons. The summed E-state index contributed by atoms with van der Waals surface area (Å²) in [4.78, 5) is 13.2. The first kappa shape index (κ1) is 14.1. The molecule has 2 heterocycles. The van der Waals surface area contributed by atoms with Crippen LogP contribution in [0, 0.1) is 6.92 Å². The van der Waals surface area contributed by atoms with Gasteiger partial charge in [0.15, 0.2) is 0 Å². The highest BCUT2D eigenvalue weighted by Gasteiger charge is 2.21. The average molecular weight is 286 g/mol. The van der Waals surface area contributed by atoms with Gasteiger partial charge in [0.1, 0.15) is 0 Å². The number of aromatic nitrogens is 1. The molecule has 0 spiro atoms. The van der Waals surface area contributed by atoms with Crippen LogP contribution in [0.3, 0.4) is 0 Å². The fourth-order valence-electron chi connectivity index (χ4n) is 3.57. The average Bonchev–Trinajstić information content (AvgIpc) is 2.89. The molecule has 1 aromatic carbocycles. The smallest absolute Gasteiger partial charge is 0.303 e. The molecular weight excluding hydrogens is 264 g/mol. The van der Waals surface area contributed by atoms with Crippen molar-refractivity contribution in [2.45, 2.75) is 46.3 Å². The van der Waals surface area contributed by atoms with Crippen molar-refractivity contribution in [2.75, 3.05) is 7.05 Å². The first-order valence-electron chi connectivity index (χ1n) is 7.55. The third-order valence-electron chi connectivity index (χ3n) is 4.56. The van der Waals surface area contributed by atoms with E-state index in [1.807, 2.05) is 0 Å². The molecule has 1 aromatic heterocycles. The number of carboxylic acids is 1. The number of carbonyl (C=O) groups is 1. The lowest BCUT2D eigenvalue weighted by atomic mass is 10.0. The summed E-state index contributed by atoms with van der Waals surface area (Å²) >= 11 is 0. The quantitative estimate of drug-likeness (QED) is 0.940. The van der Waals surface area contributed by atoms with Crippen LogP contribution in [0.1, 0.15) is 35.7 Å². The number of hydrogen-bond acceptors (Lipinski definition) is 2. The monoisotopic (exact) mass is 286 g/mol. The molecule has 0 radical (unpaired) electrons. The fraction of sp³-hybridized carbons (Fsp3) is 0.471. The van der Waals surface area contributed by atoms with E-state index in [-0.39, 0.29) is 6.42 Å². The standard InChI is InChI=1S/C17H22N2O2/c1-4-19-11(2)14(5-6-17(20)21)15-7-12-9-18(3)10-13(12)8-16(15)19/h7-8H,4-6,9-10H2,1-3H3,(H,20,21). The number of carboxylic acid groups (broad SMARTS) is 1. The van der Waals surface area contributed by atoms with E-state index in [0.717, 1.165) is 19.6 Å². The van der Waals surface area contributed by atoms with Crippen LogP contribution < -0.4 is 0 Å². The van der Waals surface area contributed by atoms with Crippen molar-refractivity contribution in [1.29, 1.82) is 0 Å². The molecular formula is C17H22N2O2. The Kier molecular flexibility index (Phi) is 3.49. The third-order valence-corrected chi connectivity index (χ3v) is 4.56. The number of hydrogen-bond donors (Lipinski definition) is 1. The van der Waals surface area contributed by atoms with Crippen molar-refractivity contribution < 1.29 is 9.90 Å². The van der Waals surface area contributed by atoms with E-state index < -0.39 is 5.97 Å². The summed E-state index contributed by atoms with van der Waals surface area (Å²) in [5.74, 6) is -0.729. The Hall–Kier alpha value is -1.81. The zero-order chi connectivity index (χ0) is 15.1. The lowest BCUT2D eigenvalue weighted by Gasteiger charge is -2.05. The Morgan fingerprint density at radius 3 is 2.57 bits per heavy atom. The van der Waals surface area contributed by atoms with E-state index in [9.17, 15) is 4.79 Å². The molecule has 4 heteroatoms. The molecule has 3 rings (SSSR count). The number of aryl methyl sites for hydroxylation is 2. The van der Waals surface area contributed by atoms with Crippen molar-refractivity contribution in [2.24, 2.45) is 0 Å². The highest BCUT2D eigenvalue weighted by molar-refractivity contribution is 5.87. The van der Waals surface area contributed by atoms with Crippen LogP contribution in [-0.2, 0) is 30.8 Å². The minimum atomic E-state index is -0.729. The van der Waals surface area contributed by atoms with Gasteiger partial charge in [-0.3, -0.25) is 9.69 Å². The lowest BCUT2D eigenvalue weighted by molar-refractivity contribution is -0.136. The second-order valence-electron chi connectivity index (χ2n) is 6.01. The topological polar surface area (TPSA) is 45.5 Å². The van der Waals surface area contributed by atoms with Gasteiger partial charge in [-0.25, -0.2) is 0 Å². The normalized spacial score (nSPS) is 14.8. The summed E-state index contributed by atoms with van der Waals surface area (Å²) in [6.07, 6.45) is 0.806. The summed E-state index contributed by atoms with van der Waals surface area (Å²) in [5.41, 5.74) is 6.46. The van der Waals surface area contributed by atoms with Crippen LogP contribution >= 0.6 is 0 Å². The Bertz CT molecular complexity index is 715. The van der Waals surface area contributed by atoms with Crippen LogP contribution in [-0.4, -0.2) is 27.6 Å². The van der Waals surface area contributed by atoms with Crippen LogP contribution in [0.25, 0.3) is 10.9 Å². The second kappa shape index (κ2) is 5.19. The molecule has 0 saturated heterocycles. The second-order valence-corrected chi connectivity index (χ2v) is 6.01. The molecule has 1 aliphatic rings. The lowest BCUT2D eigenvalue weighted by Crippen LogP contribution is -2.07. The van der Waals surface area contributed by atoms with E-state index in [0.29, 0.717) is 6.42 Å². The number of nitrogens with zero attached hydrogens (tertiary/aromatic N) is 2. The SMILES string of the molecule is CCn1c(C)c(CCC(=O)O)c2cc3c(cc21)CN(C)C3. The van der Waals surface area contributed by atoms with E-state index in [1.54, 1.807) is 0 Å². The summed E-state index contributed by atoms with van der Waals surface area (Å²) in [7, 11) is 2.13. The maximum atomic E-state index is 10.9. The van der Waals surface area contributed by atoms with Gasteiger partial charge in [-0.2, -0.15) is 0 Å². The summed E-state index contributed by atoms with van der Waals surface area (Å²) in [6, 6.07) is 4.58. The highest BCUT2D eigenvalue weighted by Crippen LogP contribution is 2.33. The van der Waals surface area contributed by atoms with E-state index in [1.165, 1.54) is 33.3 Å². The van der Waals surface area contributed by atoms with Crippen molar-refractivity contribution in [3.8, 4) is 0 Å². The first-order valence-corrected chi connectivity index (χ1v) is 7.55. The van der Waals surface area contributed by atoms with Gasteiger partial charge >= 0.3 is 5.97 Å². The molecule has 0 atom stereocenters. The molecule has 0 aliphatic carbocycles. The number of aliphatic carboxylic acids is 1. The van der Waals surface area contributed by atoms with Gasteiger partial charge in [-0.05, 0) is 56.1 Å². The van der Waals surface area contributed by atoms with E-state index in [4.69, 9.17) is 5.11 Å². The highest BCUT2D eigenvalue weighted by atomic mass is 16.4. The van der Waals surface area contributed by atoms with Crippen LogP contribution in [0.5, 0.6) is 0 Å². The van der Waals surface area contributed by atoms with Crippen molar-refractivity contribution >= 4 is 16.9 Å². The van der Waals surface area contributed by atoms with Crippen LogP contribution in [0.2, 0.25) is 0 Å². The molecule has 2 aromatic rings. The first-order chi connectivity index (χ1) is 10.0. The summed E-state index contributed by atoms with van der Waals surface area (Å²) in [6.45, 7) is 7.17. The largest absolute Gasteiger partial charge is 0.481 e. The minimum absolute atomic E-state index is 0.195. The molecule has 0 saturated carbocycles. The van der Waals surface area contributed by atoms with Crippen LogP contribution in [0.15, 0.2) is 12.1 Å². The fourth-order valence-corrected chi connectivity index (χ4v) is 3.57. The van der Waals surface area contributed by atoms with Crippen molar-refractivity contribution in [1.82, 2.24) is 9.47 Å². The van der Waals surface area contributed by atoms with Gasteiger partial charge in [0, 0.05) is 42.7 Å². The minimum Gasteiger partial charge on any atom is -0.481 e. The molecule has 1 aliphatic heterocycles. The van der Waals surface area contributed by atoms with E-state index in [2.05, 4.69) is 42.5 Å². The zero-order valence-electron chi connectivity index (χ0n) is 12.9. The Labute approximate surface area is 125 Å². The summed E-state index contributed by atoms with van der Waals surface area (Å²) in [5, 5.41) is 10.2. The van der Waals surface area contributed by atoms with Gasteiger partial charge in [-0.15, -0.1) is 0 Å². The number of rotatable bonds is 4. The van der Waals surface area contributed by atoms with Crippen LogP contribution in [0.4, 0.5) is 0 Å². The Morgan fingerprint density at radius 2 is 1.95 bits per heavy atom. The molecule has 0 amide bonds. The van der Waals surface area contributed by atoms with Gasteiger partial charge in [0.05, 0.1) is 0 Å². The predicted molar refractivity (Wildman–Crippen MR) is 83.5 cm³/mol. The molecule has 1 N–H and O–H groups in total.